The van der Waals surface area contributed by atoms with Crippen LogP contribution in [0.2, 0.25) is 5.02 Å². The first-order valence-corrected chi connectivity index (χ1v) is 9.11. The predicted octanol–water partition coefficient (Wildman–Crippen LogP) is 5.34. The number of benzene rings is 3. The highest BCUT2D eigenvalue weighted by Crippen LogP contribution is 2.26. The highest BCUT2D eigenvalue weighted by molar-refractivity contribution is 6.30. The van der Waals surface area contributed by atoms with Gasteiger partial charge in [0.2, 0.25) is 0 Å². The van der Waals surface area contributed by atoms with Crippen molar-refractivity contribution < 1.29 is 18.7 Å². The van der Waals surface area contributed by atoms with Crippen molar-refractivity contribution in [1.82, 2.24) is 0 Å². The van der Waals surface area contributed by atoms with E-state index in [0.717, 1.165) is 5.56 Å². The summed E-state index contributed by atoms with van der Waals surface area (Å²) in [4.78, 5) is 24.9. The number of halogens is 1. The van der Waals surface area contributed by atoms with Gasteiger partial charge in [0.15, 0.2) is 5.43 Å². The normalized spacial score (nSPS) is 10.7. The van der Waals surface area contributed by atoms with Crippen molar-refractivity contribution in [3.8, 4) is 22.8 Å². The zero-order valence-electron chi connectivity index (χ0n) is 15.3. The molecule has 0 aliphatic heterocycles. The Kier molecular flexibility index (Phi) is 5.06. The molecule has 0 unspecified atom stereocenters. The van der Waals surface area contributed by atoms with Crippen molar-refractivity contribution in [2.75, 3.05) is 7.11 Å². The molecule has 0 N–H and O–H groups in total. The van der Waals surface area contributed by atoms with Crippen LogP contribution < -0.4 is 14.9 Å². The molecule has 0 radical (unpaired) electrons. The van der Waals surface area contributed by atoms with Crippen molar-refractivity contribution in [2.24, 2.45) is 0 Å². The number of ether oxygens (including phenoxy) is 2. The molecule has 144 valence electrons. The summed E-state index contributed by atoms with van der Waals surface area (Å²) in [5.41, 5.74) is 1.27. The minimum absolute atomic E-state index is 0.235. The molecule has 1 heterocycles. The van der Waals surface area contributed by atoms with Crippen LogP contribution in [0.5, 0.6) is 11.5 Å². The Hall–Kier alpha value is -3.57. The Morgan fingerprint density at radius 2 is 1.59 bits per heavy atom. The van der Waals surface area contributed by atoms with Crippen LogP contribution in [0.4, 0.5) is 0 Å². The van der Waals surface area contributed by atoms with Crippen LogP contribution in [0.1, 0.15) is 10.4 Å². The van der Waals surface area contributed by atoms with E-state index in [1.807, 2.05) is 12.1 Å². The molecule has 0 fully saturated rings. The molecule has 1 aromatic heterocycles. The number of hydrogen-bond donors (Lipinski definition) is 0. The lowest BCUT2D eigenvalue weighted by Gasteiger charge is -2.07. The number of hydrogen-bond acceptors (Lipinski definition) is 5. The fourth-order valence-corrected chi connectivity index (χ4v) is 2.97. The zero-order valence-corrected chi connectivity index (χ0v) is 16.1. The monoisotopic (exact) mass is 406 g/mol. The predicted molar refractivity (Wildman–Crippen MR) is 111 cm³/mol. The topological polar surface area (TPSA) is 65.7 Å². The number of methoxy groups -OCH3 is 1. The molecule has 3 aromatic carbocycles. The number of rotatable bonds is 4. The summed E-state index contributed by atoms with van der Waals surface area (Å²) < 4.78 is 16.4. The van der Waals surface area contributed by atoms with E-state index in [1.165, 1.54) is 12.1 Å². The van der Waals surface area contributed by atoms with Gasteiger partial charge >= 0.3 is 5.97 Å². The third kappa shape index (κ3) is 4.00. The maximum Gasteiger partial charge on any atom is 0.343 e. The molecule has 0 aliphatic carbocycles. The molecular weight excluding hydrogens is 392 g/mol. The summed E-state index contributed by atoms with van der Waals surface area (Å²) in [6.45, 7) is 0. The Balaban J connectivity index is 1.64. The average Bonchev–Trinajstić information content (AvgIpc) is 2.74. The van der Waals surface area contributed by atoms with E-state index >= 15 is 0 Å². The molecule has 0 aliphatic rings. The minimum atomic E-state index is -0.541. The Labute approximate surface area is 171 Å². The third-order valence-electron chi connectivity index (χ3n) is 4.36. The summed E-state index contributed by atoms with van der Waals surface area (Å²) >= 11 is 5.83. The lowest BCUT2D eigenvalue weighted by atomic mass is 10.1. The van der Waals surface area contributed by atoms with Crippen LogP contribution in [0.3, 0.4) is 0 Å². The SMILES string of the molecule is COc1ccc(-c2cc(=O)c3cc(OC(=O)c4ccc(Cl)cc4)ccc3o2)cc1. The Bertz CT molecular complexity index is 1240. The van der Waals surface area contributed by atoms with Gasteiger partial charge in [0.25, 0.3) is 0 Å². The van der Waals surface area contributed by atoms with Crippen LogP contribution in [-0.2, 0) is 0 Å². The third-order valence-corrected chi connectivity index (χ3v) is 4.62. The standard InChI is InChI=1S/C23H15ClO5/c1-27-17-8-4-14(5-9-17)22-13-20(25)19-12-18(10-11-21(19)29-22)28-23(26)15-2-6-16(24)7-3-15/h2-13H,1H3. The van der Waals surface area contributed by atoms with E-state index in [0.29, 0.717) is 33.1 Å². The van der Waals surface area contributed by atoms with Gasteiger partial charge in [-0.15, -0.1) is 0 Å². The van der Waals surface area contributed by atoms with Gasteiger partial charge in [-0.1, -0.05) is 11.6 Å². The van der Waals surface area contributed by atoms with E-state index < -0.39 is 5.97 Å². The van der Waals surface area contributed by atoms with Gasteiger partial charge in [0.05, 0.1) is 18.1 Å². The van der Waals surface area contributed by atoms with E-state index in [4.69, 9.17) is 25.5 Å². The fraction of sp³-hybridized carbons (Fsp3) is 0.0435. The smallest absolute Gasteiger partial charge is 0.343 e. The molecule has 6 heteroatoms. The van der Waals surface area contributed by atoms with Crippen molar-refractivity contribution in [1.29, 1.82) is 0 Å². The quantitative estimate of drug-likeness (QED) is 0.338. The zero-order chi connectivity index (χ0) is 20.4. The average molecular weight is 407 g/mol. The van der Waals surface area contributed by atoms with Gasteiger partial charge in [0, 0.05) is 16.7 Å². The van der Waals surface area contributed by atoms with E-state index in [9.17, 15) is 9.59 Å². The van der Waals surface area contributed by atoms with E-state index in [2.05, 4.69) is 0 Å². The summed E-state index contributed by atoms with van der Waals surface area (Å²) in [6.07, 6.45) is 0. The lowest BCUT2D eigenvalue weighted by molar-refractivity contribution is 0.0735. The van der Waals surface area contributed by atoms with Crippen molar-refractivity contribution in [3.63, 3.8) is 0 Å². The maximum atomic E-state index is 12.6. The second-order valence-electron chi connectivity index (χ2n) is 6.26. The summed E-state index contributed by atoms with van der Waals surface area (Å²) in [5, 5.41) is 0.848. The number of esters is 1. The minimum Gasteiger partial charge on any atom is -0.497 e. The second-order valence-corrected chi connectivity index (χ2v) is 6.69. The van der Waals surface area contributed by atoms with Gasteiger partial charge in [-0.2, -0.15) is 0 Å². The highest BCUT2D eigenvalue weighted by atomic mass is 35.5. The van der Waals surface area contributed by atoms with Crippen molar-refractivity contribution in [3.05, 3.63) is 93.6 Å². The van der Waals surface area contributed by atoms with Gasteiger partial charge in [-0.25, -0.2) is 4.79 Å². The van der Waals surface area contributed by atoms with E-state index in [1.54, 1.807) is 55.6 Å². The van der Waals surface area contributed by atoms with Crippen molar-refractivity contribution in [2.45, 2.75) is 0 Å². The first-order chi connectivity index (χ1) is 14.0. The van der Waals surface area contributed by atoms with Crippen molar-refractivity contribution >= 4 is 28.5 Å². The molecule has 0 saturated carbocycles. The maximum absolute atomic E-state index is 12.6. The van der Waals surface area contributed by atoms with Crippen LogP contribution >= 0.6 is 11.6 Å². The van der Waals surface area contributed by atoms with Crippen LogP contribution in [0, 0.1) is 0 Å². The molecule has 0 bridgehead atoms. The number of carbonyl (C=O) groups excluding carboxylic acids is 1. The molecular formula is C23H15ClO5. The largest absolute Gasteiger partial charge is 0.497 e. The molecule has 5 nitrogen and oxygen atoms in total. The van der Waals surface area contributed by atoms with Gasteiger partial charge in [-0.05, 0) is 66.7 Å². The lowest BCUT2D eigenvalue weighted by Crippen LogP contribution is -2.09. The Morgan fingerprint density at radius 1 is 0.897 bits per heavy atom. The molecule has 4 aromatic rings. The van der Waals surface area contributed by atoms with Crippen LogP contribution in [0.25, 0.3) is 22.3 Å². The fourth-order valence-electron chi connectivity index (χ4n) is 2.85. The van der Waals surface area contributed by atoms with Gasteiger partial charge < -0.3 is 13.9 Å². The summed E-state index contributed by atoms with van der Waals surface area (Å²) in [5.74, 6) is 0.863. The summed E-state index contributed by atoms with van der Waals surface area (Å²) in [6, 6.07) is 19.6. The molecule has 0 atom stereocenters. The molecule has 0 saturated heterocycles. The number of carbonyl (C=O) groups is 1. The number of fused-ring (bicyclic) bond motifs is 1. The first-order valence-electron chi connectivity index (χ1n) is 8.73. The molecule has 0 amide bonds. The molecule has 0 spiro atoms. The molecule has 4 rings (SSSR count). The van der Waals surface area contributed by atoms with Gasteiger partial charge in [-0.3, -0.25) is 4.79 Å². The molecule has 29 heavy (non-hydrogen) atoms. The summed E-state index contributed by atoms with van der Waals surface area (Å²) in [7, 11) is 1.59. The highest BCUT2D eigenvalue weighted by Gasteiger charge is 2.12. The Morgan fingerprint density at radius 3 is 2.28 bits per heavy atom. The van der Waals surface area contributed by atoms with Crippen LogP contribution in [0.15, 0.2) is 82.0 Å². The van der Waals surface area contributed by atoms with Crippen LogP contribution in [-0.4, -0.2) is 13.1 Å². The van der Waals surface area contributed by atoms with Gasteiger partial charge in [0.1, 0.15) is 22.8 Å². The first kappa shape index (κ1) is 18.8. The second kappa shape index (κ2) is 7.81. The van der Waals surface area contributed by atoms with E-state index in [-0.39, 0.29) is 11.2 Å².